The van der Waals surface area contributed by atoms with Gasteiger partial charge in [-0.2, -0.15) is 0 Å². The largest absolute Gasteiger partial charge is 0.550 e. The molecule has 1 aromatic rings. The summed E-state index contributed by atoms with van der Waals surface area (Å²) in [6.07, 6.45) is 8.00. The summed E-state index contributed by atoms with van der Waals surface area (Å²) in [6.45, 7) is 7.23. The number of aliphatic hydroxyl groups is 1. The molecule has 1 heterocycles. The lowest BCUT2D eigenvalue weighted by molar-refractivity contribution is -0.755. The molecular formula is C14H27N3O3. The Hall–Kier alpha value is -1.43. The maximum absolute atomic E-state index is 9.19. The van der Waals surface area contributed by atoms with Gasteiger partial charge >= 0.3 is 0 Å². The van der Waals surface area contributed by atoms with E-state index in [1.807, 2.05) is 15.6 Å². The maximum atomic E-state index is 9.19. The average molecular weight is 285 g/mol. The monoisotopic (exact) mass is 285 g/mol. The van der Waals surface area contributed by atoms with E-state index in [1.54, 1.807) is 0 Å². The summed E-state index contributed by atoms with van der Waals surface area (Å²) < 4.78 is 3.86. The molecule has 1 N–H and O–H groups in total. The van der Waals surface area contributed by atoms with Gasteiger partial charge in [-0.1, -0.05) is 26.7 Å². The van der Waals surface area contributed by atoms with Gasteiger partial charge in [0.25, 0.3) is 0 Å². The quantitative estimate of drug-likeness (QED) is 0.554. The minimum absolute atomic E-state index is 0.0783. The van der Waals surface area contributed by atoms with Crippen molar-refractivity contribution in [3.8, 4) is 0 Å². The number of rotatable bonds is 8. The third kappa shape index (κ3) is 8.63. The Morgan fingerprint density at radius 3 is 2.50 bits per heavy atom. The molecule has 0 saturated carbocycles. The molecule has 0 atom stereocenters. The molecule has 0 fully saturated rings. The second kappa shape index (κ2) is 11.4. The Kier molecular flexibility index (Phi) is 10.6. The van der Waals surface area contributed by atoms with Gasteiger partial charge in [-0.25, -0.2) is 0 Å². The van der Waals surface area contributed by atoms with Crippen molar-refractivity contribution in [3.63, 3.8) is 0 Å². The van der Waals surface area contributed by atoms with Gasteiger partial charge in [0.05, 0.1) is 5.21 Å². The van der Waals surface area contributed by atoms with Crippen LogP contribution in [0.1, 0.15) is 58.6 Å². The van der Waals surface area contributed by atoms with Crippen LogP contribution in [-0.2, 0) is 24.5 Å². The molecule has 0 bridgehead atoms. The van der Waals surface area contributed by atoms with Gasteiger partial charge in [0.2, 0.25) is 0 Å². The van der Waals surface area contributed by atoms with Gasteiger partial charge in [-0.3, -0.25) is 0 Å². The smallest absolute Gasteiger partial charge is 0.192 e. The van der Waals surface area contributed by atoms with Crippen molar-refractivity contribution in [1.29, 1.82) is 0 Å². The predicted octanol–water partition coefficient (Wildman–Crippen LogP) is 0.409. The number of nitrogens with zero attached hydrogens (tertiary/aromatic N) is 3. The Balaban J connectivity index is 0.000000796. The molecule has 0 unspecified atom stereocenters. The first-order valence-corrected chi connectivity index (χ1v) is 7.30. The summed E-state index contributed by atoms with van der Waals surface area (Å²) in [6, 6.07) is 0. The van der Waals surface area contributed by atoms with Gasteiger partial charge < -0.3 is 15.0 Å². The molecule has 0 saturated heterocycles. The van der Waals surface area contributed by atoms with Crippen LogP contribution in [0.3, 0.4) is 0 Å². The molecule has 6 heteroatoms. The molecule has 0 aliphatic rings. The molecule has 20 heavy (non-hydrogen) atoms. The number of carboxylic acids is 1. The normalized spacial score (nSPS) is 10.0. The van der Waals surface area contributed by atoms with Crippen LogP contribution in [0.4, 0.5) is 0 Å². The zero-order valence-corrected chi connectivity index (χ0v) is 12.8. The van der Waals surface area contributed by atoms with Gasteiger partial charge in [-0.15, -0.1) is 9.36 Å². The molecule has 6 nitrogen and oxygen atoms in total. The maximum Gasteiger partial charge on any atom is 0.192 e. The van der Waals surface area contributed by atoms with Crippen LogP contribution in [0.5, 0.6) is 0 Å². The summed E-state index contributed by atoms with van der Waals surface area (Å²) in [5.74, 6) is -1.08. The molecule has 116 valence electrons. The molecule has 0 radical (unpaired) electrons. The van der Waals surface area contributed by atoms with Crippen LogP contribution in [0.25, 0.3) is 0 Å². The number of carbonyl (C=O) groups excluding carboxylic acids is 1. The number of hydrogen-bond donors (Lipinski definition) is 1. The highest BCUT2D eigenvalue weighted by Gasteiger charge is 2.13. The van der Waals surface area contributed by atoms with Gasteiger partial charge in [-0.05, 0) is 26.2 Å². The first-order chi connectivity index (χ1) is 9.54. The molecule has 0 aliphatic carbocycles. The van der Waals surface area contributed by atoms with E-state index in [0.29, 0.717) is 0 Å². The fourth-order valence-electron chi connectivity index (χ4n) is 1.79. The van der Waals surface area contributed by atoms with E-state index in [2.05, 4.69) is 19.1 Å². The number of aliphatic hydroxyl groups excluding tert-OH is 1. The van der Waals surface area contributed by atoms with Crippen molar-refractivity contribution in [2.24, 2.45) is 0 Å². The van der Waals surface area contributed by atoms with E-state index in [1.165, 1.54) is 25.7 Å². The number of aliphatic carboxylic acids is 1. The van der Waals surface area contributed by atoms with Gasteiger partial charge in [0.1, 0.15) is 19.7 Å². The van der Waals surface area contributed by atoms with E-state index in [0.717, 1.165) is 32.1 Å². The summed E-state index contributed by atoms with van der Waals surface area (Å²) >= 11 is 0. The van der Waals surface area contributed by atoms with Crippen LogP contribution in [0.15, 0.2) is 6.20 Å². The average Bonchev–Trinajstić information content (AvgIpc) is 2.77. The van der Waals surface area contributed by atoms with E-state index >= 15 is 0 Å². The second-order valence-electron chi connectivity index (χ2n) is 4.71. The zero-order valence-electron chi connectivity index (χ0n) is 12.8. The minimum Gasteiger partial charge on any atom is -0.550 e. The molecular weight excluding hydrogens is 258 g/mol. The number of unbranched alkanes of at least 4 members (excludes halogenated alkanes) is 3. The molecule has 0 aliphatic heterocycles. The summed E-state index contributed by atoms with van der Waals surface area (Å²) in [5.41, 5.74) is 0.914. The van der Waals surface area contributed by atoms with Gasteiger partial charge in [0.15, 0.2) is 11.9 Å². The van der Waals surface area contributed by atoms with Crippen LogP contribution >= 0.6 is 0 Å². The third-order valence-electron chi connectivity index (χ3n) is 2.69. The Morgan fingerprint density at radius 1 is 1.35 bits per heavy atom. The molecule has 1 aromatic heterocycles. The Labute approximate surface area is 121 Å². The number of hydrogen-bond acceptors (Lipinski definition) is 4. The van der Waals surface area contributed by atoms with Gasteiger partial charge in [0, 0.05) is 5.97 Å². The number of carbonyl (C=O) groups is 1. The summed E-state index contributed by atoms with van der Waals surface area (Å²) in [4.78, 5) is 8.89. The minimum atomic E-state index is -1.08. The van der Waals surface area contributed by atoms with Crippen molar-refractivity contribution in [2.75, 3.05) is 0 Å². The predicted molar refractivity (Wildman–Crippen MR) is 73.5 cm³/mol. The molecule has 1 rings (SSSR count). The third-order valence-corrected chi connectivity index (χ3v) is 2.69. The number of aryl methyl sites for hydroxylation is 2. The van der Waals surface area contributed by atoms with Crippen LogP contribution in [-0.4, -0.2) is 21.0 Å². The van der Waals surface area contributed by atoms with Crippen LogP contribution in [0.2, 0.25) is 0 Å². The van der Waals surface area contributed by atoms with E-state index < -0.39 is 5.97 Å². The fraction of sp³-hybridized carbons (Fsp3) is 0.786. The lowest BCUT2D eigenvalue weighted by Crippen LogP contribution is -2.36. The lowest BCUT2D eigenvalue weighted by atomic mass is 10.2. The lowest BCUT2D eigenvalue weighted by Gasteiger charge is -1.94. The summed E-state index contributed by atoms with van der Waals surface area (Å²) in [5, 5.41) is 22.5. The van der Waals surface area contributed by atoms with E-state index in [9.17, 15) is 5.11 Å². The first kappa shape index (κ1) is 18.6. The van der Waals surface area contributed by atoms with Crippen LogP contribution < -0.4 is 9.79 Å². The number of aromatic nitrogens is 3. The summed E-state index contributed by atoms with van der Waals surface area (Å²) in [7, 11) is 0. The second-order valence-corrected chi connectivity index (χ2v) is 4.71. The van der Waals surface area contributed by atoms with Crippen LogP contribution in [0, 0.1) is 0 Å². The molecule has 0 aromatic carbocycles. The Morgan fingerprint density at radius 2 is 2.00 bits per heavy atom. The van der Waals surface area contributed by atoms with Crippen molar-refractivity contribution in [3.05, 3.63) is 11.9 Å². The Bertz CT molecular complexity index is 374. The molecule has 0 spiro atoms. The zero-order chi connectivity index (χ0) is 15.4. The van der Waals surface area contributed by atoms with E-state index in [-0.39, 0.29) is 6.61 Å². The topological polar surface area (TPSA) is 82.1 Å². The highest BCUT2D eigenvalue weighted by atomic mass is 16.4. The van der Waals surface area contributed by atoms with Crippen molar-refractivity contribution in [2.45, 2.75) is 72.6 Å². The highest BCUT2D eigenvalue weighted by Crippen LogP contribution is 2.00. The first-order valence-electron chi connectivity index (χ1n) is 7.30. The SMILES string of the molecule is CC(=O)[O-].CCCCCC[n+]1cc(CO)n(CCC)n1. The number of carboxylic acid groups (broad SMARTS) is 1. The van der Waals surface area contributed by atoms with Crippen molar-refractivity contribution >= 4 is 5.97 Å². The van der Waals surface area contributed by atoms with E-state index in [4.69, 9.17) is 9.90 Å². The highest BCUT2D eigenvalue weighted by molar-refractivity contribution is 5.60. The standard InChI is InChI=1S/C12H24N3O.C2H4O2/c1-3-5-6-7-9-14-10-12(11-16)15(13-14)8-4-2;1-2(3)4/h10,16H,3-9,11H2,1-2H3;1H3,(H,3,4)/q+1;/p-1. The van der Waals surface area contributed by atoms with Crippen molar-refractivity contribution < 1.29 is 19.7 Å². The van der Waals surface area contributed by atoms with Crippen molar-refractivity contribution in [1.82, 2.24) is 9.90 Å². The molecule has 0 amide bonds. The fourth-order valence-corrected chi connectivity index (χ4v) is 1.79.